The van der Waals surface area contributed by atoms with Crippen molar-refractivity contribution in [3.05, 3.63) is 65.2 Å². The van der Waals surface area contributed by atoms with Gasteiger partial charge in [-0.05, 0) is 62.7 Å². The fourth-order valence-corrected chi connectivity index (χ4v) is 5.72. The highest BCUT2D eigenvalue weighted by Crippen LogP contribution is 2.31. The number of carbonyl (C=O) groups excluding carboxylic acids is 1. The number of hydrogen-bond donors (Lipinski definition) is 3. The lowest BCUT2D eigenvalue weighted by Crippen LogP contribution is -2.34. The Kier molecular flexibility index (Phi) is 9.63. The number of likely N-dealkylation sites (N-methyl/N-ethyl adjacent to an activating group) is 1. The van der Waals surface area contributed by atoms with Crippen LogP contribution in [-0.2, 0) is 20.1 Å². The first kappa shape index (κ1) is 33.9. The van der Waals surface area contributed by atoms with Crippen LogP contribution in [0, 0.1) is 12.3 Å². The summed E-state index contributed by atoms with van der Waals surface area (Å²) >= 11 is 0. The Labute approximate surface area is 263 Å². The standard InChI is InChI=1S/C29H38N8O6S2/c1-8-36(15-14-30-44(7,39)40)21-12-13-23(18(2)16-21)32-24-25(29(4,5)6)35-37-26(33-34-27(24)37)19(3)31-28(38)20-10-9-11-22(17-20)45(41,42)43/h9-13,16-17,19,30H,8,14-15H2,1-7H3,(H,31,38)(H,41,42,43)/b32-24-. The Morgan fingerprint density at radius 1 is 1.11 bits per heavy atom. The highest BCUT2D eigenvalue weighted by molar-refractivity contribution is 7.88. The first-order valence-electron chi connectivity index (χ1n) is 14.2. The molecule has 1 unspecified atom stereocenters. The molecule has 4 rings (SSSR count). The molecule has 3 N–H and O–H groups in total. The van der Waals surface area contributed by atoms with E-state index < -0.39 is 37.5 Å². The summed E-state index contributed by atoms with van der Waals surface area (Å²) in [6.45, 7) is 13.1. The predicted octanol–water partition coefficient (Wildman–Crippen LogP) is 3.08. The van der Waals surface area contributed by atoms with Crippen LogP contribution in [0.1, 0.15) is 68.2 Å². The van der Waals surface area contributed by atoms with Crippen LogP contribution in [0.2, 0.25) is 0 Å². The molecule has 0 fully saturated rings. The third-order valence-corrected chi connectivity index (χ3v) is 8.62. The molecule has 0 aliphatic carbocycles. The second-order valence-corrected chi connectivity index (χ2v) is 15.0. The molecule has 14 nitrogen and oxygen atoms in total. The van der Waals surface area contributed by atoms with Crippen LogP contribution in [0.15, 0.2) is 57.5 Å². The first-order chi connectivity index (χ1) is 20.9. The van der Waals surface area contributed by atoms with Gasteiger partial charge >= 0.3 is 0 Å². The zero-order valence-corrected chi connectivity index (χ0v) is 27.9. The molecule has 3 aromatic rings. The molecule has 2 aromatic carbocycles. The molecule has 1 atom stereocenters. The van der Waals surface area contributed by atoms with Gasteiger partial charge in [-0.15, -0.1) is 10.2 Å². The summed E-state index contributed by atoms with van der Waals surface area (Å²) < 4.78 is 59.4. The molecule has 2 heterocycles. The number of amides is 1. The second-order valence-electron chi connectivity index (χ2n) is 11.8. The molecule has 16 heteroatoms. The topological polar surface area (TPSA) is 188 Å². The zero-order chi connectivity index (χ0) is 33.3. The zero-order valence-electron chi connectivity index (χ0n) is 26.2. The summed E-state index contributed by atoms with van der Waals surface area (Å²) in [6, 6.07) is 10.2. The quantitative estimate of drug-likeness (QED) is 0.260. The third-order valence-electron chi connectivity index (χ3n) is 7.05. The monoisotopic (exact) mass is 658 g/mol. The maximum Gasteiger partial charge on any atom is 0.294 e. The molecule has 1 amide bonds. The predicted molar refractivity (Wildman–Crippen MR) is 173 cm³/mol. The number of aryl methyl sites for hydroxylation is 1. The van der Waals surface area contributed by atoms with Gasteiger partial charge in [0.25, 0.3) is 16.0 Å². The Balaban J connectivity index is 1.62. The van der Waals surface area contributed by atoms with E-state index in [1.807, 2.05) is 52.8 Å². The fraction of sp³-hybridized carbons (Fsp3) is 0.414. The number of sulfonamides is 1. The van der Waals surface area contributed by atoms with Crippen molar-refractivity contribution in [1.82, 2.24) is 24.9 Å². The molecular weight excluding hydrogens is 621 g/mol. The number of benzene rings is 2. The van der Waals surface area contributed by atoms with E-state index in [2.05, 4.69) is 25.1 Å². The van der Waals surface area contributed by atoms with Crippen LogP contribution >= 0.6 is 0 Å². The molecule has 1 aliphatic heterocycles. The number of hydrogen-bond acceptors (Lipinski definition) is 10. The van der Waals surface area contributed by atoms with Gasteiger partial charge < -0.3 is 10.2 Å². The molecule has 0 saturated carbocycles. The Morgan fingerprint density at radius 2 is 1.82 bits per heavy atom. The molecule has 1 aromatic heterocycles. The minimum atomic E-state index is -4.47. The van der Waals surface area contributed by atoms with E-state index in [4.69, 9.17) is 10.1 Å². The fourth-order valence-electron chi connectivity index (χ4n) is 4.73. The maximum absolute atomic E-state index is 13.0. The Hall–Kier alpha value is -3.99. The van der Waals surface area contributed by atoms with Crippen molar-refractivity contribution in [3.8, 4) is 0 Å². The molecular formula is C29H38N8O6S2. The van der Waals surface area contributed by atoms with E-state index >= 15 is 0 Å². The van der Waals surface area contributed by atoms with Crippen molar-refractivity contribution < 1.29 is 26.2 Å². The number of nitrogens with one attached hydrogen (secondary N) is 2. The number of aromatic nitrogens is 3. The lowest BCUT2D eigenvalue weighted by atomic mass is 9.87. The minimum absolute atomic E-state index is 0.0477. The lowest BCUT2D eigenvalue weighted by Gasteiger charge is -2.24. The Morgan fingerprint density at radius 3 is 2.42 bits per heavy atom. The summed E-state index contributed by atoms with van der Waals surface area (Å²) in [7, 11) is -7.75. The average Bonchev–Trinajstić information content (AvgIpc) is 3.51. The molecule has 0 radical (unpaired) electrons. The van der Waals surface area contributed by atoms with Crippen molar-refractivity contribution in [2.75, 3.05) is 30.8 Å². The number of carbonyl (C=O) groups is 1. The summed E-state index contributed by atoms with van der Waals surface area (Å²) in [4.78, 5) is 19.6. The van der Waals surface area contributed by atoms with Gasteiger partial charge in [0.05, 0.1) is 28.6 Å². The average molecular weight is 659 g/mol. The van der Waals surface area contributed by atoms with E-state index in [1.165, 1.54) is 18.2 Å². The van der Waals surface area contributed by atoms with Crippen LogP contribution < -0.4 is 14.9 Å². The number of fused-ring (bicyclic) bond motifs is 1. The van der Waals surface area contributed by atoms with E-state index in [0.717, 1.165) is 23.6 Å². The molecule has 1 aliphatic rings. The smallest absolute Gasteiger partial charge is 0.294 e. The third kappa shape index (κ3) is 8.00. The first-order valence-corrected chi connectivity index (χ1v) is 17.5. The van der Waals surface area contributed by atoms with E-state index in [0.29, 0.717) is 41.8 Å². The SMILES string of the molecule is CCN(CCNS(C)(=O)=O)c1ccc(/N=C2/C(C(C)(C)C)=Nn3c2nnc3C(C)NC(=O)c2cccc(S(=O)(=O)O)c2)c(C)c1. The summed E-state index contributed by atoms with van der Waals surface area (Å²) in [6.07, 6.45) is 1.13. The molecule has 0 bridgehead atoms. The van der Waals surface area contributed by atoms with Crippen molar-refractivity contribution in [2.24, 2.45) is 15.5 Å². The normalized spacial score (nSPS) is 15.1. The van der Waals surface area contributed by atoms with Crippen LogP contribution in [-0.4, -0.2) is 79.5 Å². The highest BCUT2D eigenvalue weighted by Gasteiger charge is 2.36. The largest absolute Gasteiger partial charge is 0.370 e. The Bertz CT molecular complexity index is 1890. The van der Waals surface area contributed by atoms with Gasteiger partial charge in [0, 0.05) is 36.3 Å². The van der Waals surface area contributed by atoms with E-state index in [9.17, 15) is 26.2 Å². The van der Waals surface area contributed by atoms with Crippen LogP contribution in [0.5, 0.6) is 0 Å². The van der Waals surface area contributed by atoms with E-state index in [1.54, 1.807) is 11.6 Å². The van der Waals surface area contributed by atoms with Gasteiger partial charge in [0.1, 0.15) is 5.71 Å². The van der Waals surface area contributed by atoms with Gasteiger partial charge in [-0.3, -0.25) is 9.35 Å². The van der Waals surface area contributed by atoms with Crippen LogP contribution in [0.25, 0.3) is 0 Å². The van der Waals surface area contributed by atoms with Crippen molar-refractivity contribution >= 4 is 48.8 Å². The van der Waals surface area contributed by atoms with Crippen molar-refractivity contribution in [2.45, 2.75) is 52.5 Å². The van der Waals surface area contributed by atoms with Gasteiger partial charge in [0.15, 0.2) is 5.82 Å². The highest BCUT2D eigenvalue weighted by atomic mass is 32.2. The lowest BCUT2D eigenvalue weighted by molar-refractivity contribution is 0.0937. The number of rotatable bonds is 11. The van der Waals surface area contributed by atoms with Crippen molar-refractivity contribution in [1.29, 1.82) is 0 Å². The minimum Gasteiger partial charge on any atom is -0.370 e. The summed E-state index contributed by atoms with van der Waals surface area (Å²) in [5.74, 6) is 0.195. The van der Waals surface area contributed by atoms with E-state index in [-0.39, 0.29) is 17.0 Å². The van der Waals surface area contributed by atoms with Crippen LogP contribution in [0.3, 0.4) is 0 Å². The molecule has 0 saturated heterocycles. The summed E-state index contributed by atoms with van der Waals surface area (Å²) in [5, 5.41) is 16.2. The molecule has 0 spiro atoms. The number of anilines is 1. The molecule has 45 heavy (non-hydrogen) atoms. The van der Waals surface area contributed by atoms with Gasteiger partial charge in [-0.1, -0.05) is 26.8 Å². The molecule has 242 valence electrons. The number of nitrogens with zero attached hydrogens (tertiary/aromatic N) is 6. The number of aliphatic imine (C=N–C) groups is 1. The van der Waals surface area contributed by atoms with Gasteiger partial charge in [0.2, 0.25) is 15.8 Å². The van der Waals surface area contributed by atoms with Gasteiger partial charge in [-0.25, -0.2) is 18.1 Å². The maximum atomic E-state index is 13.0. The van der Waals surface area contributed by atoms with Gasteiger partial charge in [-0.2, -0.15) is 18.2 Å². The van der Waals surface area contributed by atoms with Crippen LogP contribution in [0.4, 0.5) is 11.4 Å². The second kappa shape index (κ2) is 12.8. The summed E-state index contributed by atoms with van der Waals surface area (Å²) in [5.41, 5.74) is 3.38. The van der Waals surface area contributed by atoms with Crippen molar-refractivity contribution in [3.63, 3.8) is 0 Å².